The SMILES string of the molecule is COc1ccc(Nc2c3ccccc3nc3ccccc23)cc1CN(CCCl)CCCl. The summed E-state index contributed by atoms with van der Waals surface area (Å²) in [5.41, 5.74) is 5.07. The van der Waals surface area contributed by atoms with Crippen LogP contribution in [0.25, 0.3) is 21.8 Å². The molecule has 1 aromatic heterocycles. The van der Waals surface area contributed by atoms with E-state index in [0.717, 1.165) is 64.1 Å². The van der Waals surface area contributed by atoms with E-state index in [4.69, 9.17) is 32.9 Å². The van der Waals surface area contributed by atoms with Gasteiger partial charge in [0.2, 0.25) is 0 Å². The van der Waals surface area contributed by atoms with Crippen molar-refractivity contribution in [1.29, 1.82) is 0 Å². The van der Waals surface area contributed by atoms with Crippen LogP contribution in [0.2, 0.25) is 0 Å². The zero-order chi connectivity index (χ0) is 21.6. The zero-order valence-electron chi connectivity index (χ0n) is 17.4. The molecular weight excluding hydrogens is 429 g/mol. The topological polar surface area (TPSA) is 37.4 Å². The third kappa shape index (κ3) is 4.87. The maximum absolute atomic E-state index is 5.99. The Balaban J connectivity index is 1.75. The van der Waals surface area contributed by atoms with Gasteiger partial charge in [0.1, 0.15) is 5.75 Å². The number of para-hydroxylation sites is 2. The lowest BCUT2D eigenvalue weighted by Crippen LogP contribution is -2.27. The van der Waals surface area contributed by atoms with Crippen molar-refractivity contribution in [1.82, 2.24) is 9.88 Å². The summed E-state index contributed by atoms with van der Waals surface area (Å²) in [6, 6.07) is 22.6. The van der Waals surface area contributed by atoms with E-state index in [9.17, 15) is 0 Å². The molecule has 0 saturated heterocycles. The highest BCUT2D eigenvalue weighted by molar-refractivity contribution is 6.18. The molecule has 0 unspecified atom stereocenters. The van der Waals surface area contributed by atoms with Crippen LogP contribution in [0.4, 0.5) is 11.4 Å². The fraction of sp³-hybridized carbons (Fsp3) is 0.240. The van der Waals surface area contributed by atoms with Crippen molar-refractivity contribution in [2.24, 2.45) is 0 Å². The van der Waals surface area contributed by atoms with E-state index in [-0.39, 0.29) is 0 Å². The molecule has 1 heterocycles. The Morgan fingerprint density at radius 3 is 2.06 bits per heavy atom. The molecule has 0 atom stereocenters. The average Bonchev–Trinajstić information content (AvgIpc) is 2.79. The number of hydrogen-bond donors (Lipinski definition) is 1. The van der Waals surface area contributed by atoms with Crippen LogP contribution in [0.5, 0.6) is 5.75 Å². The van der Waals surface area contributed by atoms with E-state index < -0.39 is 0 Å². The summed E-state index contributed by atoms with van der Waals surface area (Å²) in [4.78, 5) is 7.05. The normalized spacial score (nSPS) is 11.4. The third-order valence-electron chi connectivity index (χ3n) is 5.33. The van der Waals surface area contributed by atoms with Gasteiger partial charge in [-0.1, -0.05) is 36.4 Å². The predicted molar refractivity (Wildman–Crippen MR) is 132 cm³/mol. The summed E-state index contributed by atoms with van der Waals surface area (Å²) < 4.78 is 5.62. The van der Waals surface area contributed by atoms with Crippen LogP contribution in [0.3, 0.4) is 0 Å². The number of halogens is 2. The summed E-state index contributed by atoms with van der Waals surface area (Å²) in [6.07, 6.45) is 0. The summed E-state index contributed by atoms with van der Waals surface area (Å²) in [6.45, 7) is 2.26. The number of hydrogen-bond acceptors (Lipinski definition) is 4. The Hall–Kier alpha value is -2.53. The van der Waals surface area contributed by atoms with Crippen molar-refractivity contribution in [3.63, 3.8) is 0 Å². The Labute approximate surface area is 192 Å². The maximum Gasteiger partial charge on any atom is 0.123 e. The minimum absolute atomic E-state index is 0.562. The Morgan fingerprint density at radius 2 is 1.48 bits per heavy atom. The predicted octanol–water partition coefficient (Wildman–Crippen LogP) is 6.42. The highest BCUT2D eigenvalue weighted by atomic mass is 35.5. The monoisotopic (exact) mass is 453 g/mol. The van der Waals surface area contributed by atoms with Gasteiger partial charge in [-0.3, -0.25) is 4.90 Å². The van der Waals surface area contributed by atoms with Crippen molar-refractivity contribution in [3.05, 3.63) is 72.3 Å². The van der Waals surface area contributed by atoms with Gasteiger partial charge in [0.05, 0.1) is 23.8 Å². The first-order valence-electron chi connectivity index (χ1n) is 10.3. The van der Waals surface area contributed by atoms with E-state index in [1.807, 2.05) is 48.5 Å². The summed E-state index contributed by atoms with van der Waals surface area (Å²) in [5, 5.41) is 5.83. The largest absolute Gasteiger partial charge is 0.496 e. The van der Waals surface area contributed by atoms with Crippen LogP contribution in [0, 0.1) is 0 Å². The van der Waals surface area contributed by atoms with Crippen LogP contribution in [-0.4, -0.2) is 41.8 Å². The fourth-order valence-electron chi connectivity index (χ4n) is 3.85. The lowest BCUT2D eigenvalue weighted by Gasteiger charge is -2.22. The van der Waals surface area contributed by atoms with Crippen LogP contribution in [0.15, 0.2) is 66.7 Å². The van der Waals surface area contributed by atoms with Crippen molar-refractivity contribution >= 4 is 56.4 Å². The van der Waals surface area contributed by atoms with Gasteiger partial charge in [0, 0.05) is 53.4 Å². The molecule has 4 rings (SSSR count). The van der Waals surface area contributed by atoms with Crippen LogP contribution in [0.1, 0.15) is 5.56 Å². The molecule has 0 fully saturated rings. The number of anilines is 2. The highest BCUT2D eigenvalue weighted by Gasteiger charge is 2.13. The number of aromatic nitrogens is 1. The van der Waals surface area contributed by atoms with Gasteiger partial charge in [0.15, 0.2) is 0 Å². The number of fused-ring (bicyclic) bond motifs is 2. The molecule has 3 aromatic carbocycles. The van der Waals surface area contributed by atoms with Gasteiger partial charge in [-0.05, 0) is 30.3 Å². The summed E-state index contributed by atoms with van der Waals surface area (Å²) >= 11 is 12.0. The number of pyridine rings is 1. The van der Waals surface area contributed by atoms with Crippen LogP contribution in [-0.2, 0) is 6.54 Å². The van der Waals surface area contributed by atoms with Crippen molar-refractivity contribution in [2.75, 3.05) is 37.3 Å². The van der Waals surface area contributed by atoms with Gasteiger partial charge < -0.3 is 10.1 Å². The molecular formula is C25H25Cl2N3O. The number of alkyl halides is 2. The third-order valence-corrected chi connectivity index (χ3v) is 5.67. The molecule has 0 aliphatic rings. The number of nitrogens with one attached hydrogen (secondary N) is 1. The van der Waals surface area contributed by atoms with Gasteiger partial charge in [-0.25, -0.2) is 4.98 Å². The highest BCUT2D eigenvalue weighted by Crippen LogP contribution is 2.34. The number of rotatable bonds is 9. The van der Waals surface area contributed by atoms with Crippen LogP contribution < -0.4 is 10.1 Å². The first-order valence-corrected chi connectivity index (χ1v) is 11.4. The van der Waals surface area contributed by atoms with E-state index in [1.54, 1.807) is 7.11 Å². The first-order chi connectivity index (χ1) is 15.2. The second-order valence-electron chi connectivity index (χ2n) is 7.33. The summed E-state index contributed by atoms with van der Waals surface area (Å²) in [7, 11) is 1.70. The van der Waals surface area contributed by atoms with E-state index >= 15 is 0 Å². The Morgan fingerprint density at radius 1 is 0.871 bits per heavy atom. The minimum Gasteiger partial charge on any atom is -0.496 e. The van der Waals surface area contributed by atoms with Crippen molar-refractivity contribution < 1.29 is 4.74 Å². The number of ether oxygens (including phenoxy) is 1. The molecule has 0 aliphatic heterocycles. The van der Waals surface area contributed by atoms with E-state index in [2.05, 4.69) is 28.4 Å². The first kappa shape index (κ1) is 21.7. The molecule has 0 saturated carbocycles. The van der Waals surface area contributed by atoms with Gasteiger partial charge in [-0.15, -0.1) is 23.2 Å². The molecule has 4 nitrogen and oxygen atoms in total. The lowest BCUT2D eigenvalue weighted by molar-refractivity contribution is 0.292. The van der Waals surface area contributed by atoms with Gasteiger partial charge >= 0.3 is 0 Å². The molecule has 160 valence electrons. The minimum atomic E-state index is 0.562. The molecule has 6 heteroatoms. The van der Waals surface area contributed by atoms with Crippen LogP contribution >= 0.6 is 23.2 Å². The number of methoxy groups -OCH3 is 1. The van der Waals surface area contributed by atoms with Crippen molar-refractivity contribution in [2.45, 2.75) is 6.54 Å². The molecule has 0 aliphatic carbocycles. The molecule has 31 heavy (non-hydrogen) atoms. The molecule has 0 radical (unpaired) electrons. The van der Waals surface area contributed by atoms with Crippen molar-refractivity contribution in [3.8, 4) is 5.75 Å². The molecule has 0 spiro atoms. The number of nitrogens with zero attached hydrogens (tertiary/aromatic N) is 2. The van der Waals surface area contributed by atoms with Gasteiger partial charge in [-0.2, -0.15) is 0 Å². The Bertz CT molecular complexity index is 1120. The molecule has 1 N–H and O–H groups in total. The standard InChI is InChI=1S/C25H25Cl2N3O/c1-31-24-11-10-19(16-18(24)17-30(14-12-26)15-13-27)28-25-20-6-2-4-8-22(20)29-23-9-5-3-7-21(23)25/h2-11,16H,12-15,17H2,1H3,(H,28,29). The molecule has 4 aromatic rings. The second kappa shape index (κ2) is 10.2. The van der Waals surface area contributed by atoms with E-state index in [0.29, 0.717) is 11.8 Å². The lowest BCUT2D eigenvalue weighted by atomic mass is 10.1. The summed E-state index contributed by atoms with van der Waals surface area (Å²) in [5.74, 6) is 1.97. The second-order valence-corrected chi connectivity index (χ2v) is 8.08. The maximum atomic E-state index is 5.99. The smallest absolute Gasteiger partial charge is 0.123 e. The van der Waals surface area contributed by atoms with Gasteiger partial charge in [0.25, 0.3) is 0 Å². The average molecular weight is 454 g/mol. The molecule has 0 bridgehead atoms. The fourth-order valence-corrected chi connectivity index (χ4v) is 4.33. The number of benzene rings is 3. The quantitative estimate of drug-likeness (QED) is 0.234. The van der Waals surface area contributed by atoms with E-state index in [1.165, 1.54) is 0 Å². The zero-order valence-corrected chi connectivity index (χ0v) is 19.0. The molecule has 0 amide bonds. The Kier molecular flexibility index (Phi) is 7.13.